The number of carbonyl (C=O) groups excluding carboxylic acids is 1. The van der Waals surface area contributed by atoms with Crippen molar-refractivity contribution in [3.8, 4) is 0 Å². The molecule has 4 nitrogen and oxygen atoms in total. The van der Waals surface area contributed by atoms with Crippen LogP contribution < -0.4 is 10.6 Å². The molecule has 4 heteroatoms. The molecular weight excluding hydrogens is 240 g/mol. The average molecular weight is 268 g/mol. The molecule has 1 amide bonds. The maximum absolute atomic E-state index is 11.6. The third-order valence-corrected chi connectivity index (χ3v) is 4.21. The van der Waals surface area contributed by atoms with Gasteiger partial charge in [-0.1, -0.05) is 6.42 Å². The molecule has 2 aliphatic rings. The van der Waals surface area contributed by atoms with E-state index in [-0.39, 0.29) is 12.1 Å². The third-order valence-electron chi connectivity index (χ3n) is 4.21. The lowest BCUT2D eigenvalue weighted by atomic mass is 9.78. The maximum atomic E-state index is 11.6. The minimum absolute atomic E-state index is 0.279. The van der Waals surface area contributed by atoms with Crippen molar-refractivity contribution >= 4 is 6.09 Å². The van der Waals surface area contributed by atoms with Crippen molar-refractivity contribution in [2.24, 2.45) is 5.92 Å². The number of hydrogen-bond donors (Lipinski definition) is 2. The number of amides is 1. The predicted molar refractivity (Wildman–Crippen MR) is 76.1 cm³/mol. The minimum Gasteiger partial charge on any atom is -0.444 e. The van der Waals surface area contributed by atoms with Gasteiger partial charge in [0.05, 0.1) is 0 Å². The minimum atomic E-state index is -0.412. The molecule has 0 spiro atoms. The molecule has 0 heterocycles. The summed E-state index contributed by atoms with van der Waals surface area (Å²) < 4.78 is 5.25. The Morgan fingerprint density at radius 1 is 1.21 bits per heavy atom. The van der Waals surface area contributed by atoms with Crippen LogP contribution in [0.15, 0.2) is 0 Å². The van der Waals surface area contributed by atoms with E-state index in [1.807, 2.05) is 20.8 Å². The first-order valence-electron chi connectivity index (χ1n) is 7.59. The molecule has 1 atom stereocenters. The Kier molecular flexibility index (Phi) is 4.39. The zero-order valence-corrected chi connectivity index (χ0v) is 12.7. The lowest BCUT2D eigenvalue weighted by Gasteiger charge is -2.41. The number of rotatable bonds is 4. The third kappa shape index (κ3) is 4.37. The number of nitrogens with one attached hydrogen (secondary N) is 2. The lowest BCUT2D eigenvalue weighted by Crippen LogP contribution is -2.56. The van der Waals surface area contributed by atoms with Crippen molar-refractivity contribution in [2.45, 2.75) is 83.5 Å². The van der Waals surface area contributed by atoms with Crippen LogP contribution in [0, 0.1) is 5.92 Å². The summed E-state index contributed by atoms with van der Waals surface area (Å²) in [4.78, 5) is 11.6. The van der Waals surface area contributed by atoms with Gasteiger partial charge in [-0.25, -0.2) is 4.79 Å². The Balaban J connectivity index is 1.59. The summed E-state index contributed by atoms with van der Waals surface area (Å²) in [6, 6.07) is 1.47. The summed E-state index contributed by atoms with van der Waals surface area (Å²) in [6.45, 7) is 7.95. The molecule has 0 saturated heterocycles. The monoisotopic (exact) mass is 268 g/mol. The van der Waals surface area contributed by atoms with Crippen LogP contribution >= 0.6 is 0 Å². The Labute approximate surface area is 116 Å². The molecule has 0 radical (unpaired) electrons. The van der Waals surface area contributed by atoms with E-state index in [9.17, 15) is 4.79 Å². The van der Waals surface area contributed by atoms with E-state index in [0.29, 0.717) is 12.1 Å². The molecule has 0 aromatic heterocycles. The highest BCUT2D eigenvalue weighted by Crippen LogP contribution is 2.31. The van der Waals surface area contributed by atoms with Gasteiger partial charge in [-0.3, -0.25) is 0 Å². The van der Waals surface area contributed by atoms with Crippen LogP contribution in [-0.2, 0) is 4.74 Å². The predicted octanol–water partition coefficient (Wildman–Crippen LogP) is 2.82. The molecule has 2 aliphatic carbocycles. The van der Waals surface area contributed by atoms with Crippen LogP contribution in [-0.4, -0.2) is 29.8 Å². The molecule has 2 N–H and O–H groups in total. The summed E-state index contributed by atoms with van der Waals surface area (Å²) in [5.41, 5.74) is -0.412. The average Bonchev–Trinajstić information content (AvgIpc) is 2.07. The standard InChI is InChI=1S/C15H28N2O2/c1-10(11-6-5-7-11)16-12-8-13(9-12)17-14(18)19-15(2,3)4/h10-13,16H,5-9H2,1-4H3,(H,17,18). The zero-order valence-electron chi connectivity index (χ0n) is 12.7. The van der Waals surface area contributed by atoms with Gasteiger partial charge in [0.1, 0.15) is 5.60 Å². The topological polar surface area (TPSA) is 50.4 Å². The quantitative estimate of drug-likeness (QED) is 0.824. The molecule has 1 unspecified atom stereocenters. The molecule has 19 heavy (non-hydrogen) atoms. The van der Waals surface area contributed by atoms with Gasteiger partial charge >= 0.3 is 6.09 Å². The molecular formula is C15H28N2O2. The Bertz CT molecular complexity index is 315. The van der Waals surface area contributed by atoms with Gasteiger partial charge < -0.3 is 15.4 Å². The van der Waals surface area contributed by atoms with Gasteiger partial charge in [0.15, 0.2) is 0 Å². The van der Waals surface area contributed by atoms with Gasteiger partial charge in [-0.15, -0.1) is 0 Å². The van der Waals surface area contributed by atoms with E-state index in [1.165, 1.54) is 19.3 Å². The van der Waals surface area contributed by atoms with E-state index in [4.69, 9.17) is 4.74 Å². The van der Waals surface area contributed by atoms with Crippen LogP contribution in [0.3, 0.4) is 0 Å². The molecule has 2 fully saturated rings. The van der Waals surface area contributed by atoms with Gasteiger partial charge in [0, 0.05) is 18.1 Å². The SMILES string of the molecule is CC(NC1CC(NC(=O)OC(C)(C)C)C1)C1CCC1. The fourth-order valence-corrected chi connectivity index (χ4v) is 2.79. The van der Waals surface area contributed by atoms with E-state index < -0.39 is 5.60 Å². The molecule has 0 aliphatic heterocycles. The Morgan fingerprint density at radius 3 is 2.32 bits per heavy atom. The Morgan fingerprint density at radius 2 is 1.84 bits per heavy atom. The first-order valence-corrected chi connectivity index (χ1v) is 7.59. The first kappa shape index (κ1) is 14.6. The van der Waals surface area contributed by atoms with E-state index in [1.54, 1.807) is 0 Å². The summed E-state index contributed by atoms with van der Waals surface area (Å²) >= 11 is 0. The smallest absolute Gasteiger partial charge is 0.407 e. The molecule has 110 valence electrons. The Hall–Kier alpha value is -0.770. The summed E-state index contributed by atoms with van der Waals surface area (Å²) in [7, 11) is 0. The number of ether oxygens (including phenoxy) is 1. The van der Waals surface area contributed by atoms with Crippen molar-refractivity contribution in [1.82, 2.24) is 10.6 Å². The van der Waals surface area contributed by atoms with Crippen LogP contribution in [0.2, 0.25) is 0 Å². The number of hydrogen-bond acceptors (Lipinski definition) is 3. The largest absolute Gasteiger partial charge is 0.444 e. The van der Waals surface area contributed by atoms with Crippen molar-refractivity contribution in [1.29, 1.82) is 0 Å². The van der Waals surface area contributed by atoms with Gasteiger partial charge in [0.25, 0.3) is 0 Å². The van der Waals surface area contributed by atoms with Gasteiger partial charge in [-0.05, 0) is 59.3 Å². The summed E-state index contributed by atoms with van der Waals surface area (Å²) in [5.74, 6) is 0.873. The van der Waals surface area contributed by atoms with Crippen molar-refractivity contribution in [3.05, 3.63) is 0 Å². The summed E-state index contributed by atoms with van der Waals surface area (Å²) in [5, 5.41) is 6.61. The molecule has 2 saturated carbocycles. The van der Waals surface area contributed by atoms with Crippen LogP contribution in [0.5, 0.6) is 0 Å². The molecule has 0 aromatic rings. The maximum Gasteiger partial charge on any atom is 0.407 e. The van der Waals surface area contributed by atoms with Crippen molar-refractivity contribution < 1.29 is 9.53 Å². The zero-order chi connectivity index (χ0) is 14.0. The normalized spacial score (nSPS) is 29.1. The summed E-state index contributed by atoms with van der Waals surface area (Å²) in [6.07, 6.45) is 5.90. The van der Waals surface area contributed by atoms with Crippen LogP contribution in [0.1, 0.15) is 59.8 Å². The molecule has 0 bridgehead atoms. The molecule has 0 aromatic carbocycles. The van der Waals surface area contributed by atoms with Gasteiger partial charge in [0.2, 0.25) is 0 Å². The van der Waals surface area contributed by atoms with E-state index >= 15 is 0 Å². The second-order valence-corrected chi connectivity index (χ2v) is 7.16. The lowest BCUT2D eigenvalue weighted by molar-refractivity contribution is 0.0459. The second-order valence-electron chi connectivity index (χ2n) is 7.16. The van der Waals surface area contributed by atoms with Crippen molar-refractivity contribution in [3.63, 3.8) is 0 Å². The first-order chi connectivity index (χ1) is 8.83. The van der Waals surface area contributed by atoms with E-state index in [2.05, 4.69) is 17.6 Å². The highest BCUT2D eigenvalue weighted by molar-refractivity contribution is 5.68. The van der Waals surface area contributed by atoms with Crippen LogP contribution in [0.25, 0.3) is 0 Å². The fraction of sp³-hybridized carbons (Fsp3) is 0.933. The highest BCUT2D eigenvalue weighted by atomic mass is 16.6. The second kappa shape index (κ2) is 5.70. The van der Waals surface area contributed by atoms with Gasteiger partial charge in [-0.2, -0.15) is 0 Å². The number of alkyl carbamates (subject to hydrolysis) is 1. The molecule has 2 rings (SSSR count). The van der Waals surface area contributed by atoms with Crippen molar-refractivity contribution in [2.75, 3.05) is 0 Å². The fourth-order valence-electron chi connectivity index (χ4n) is 2.79. The van der Waals surface area contributed by atoms with Crippen LogP contribution in [0.4, 0.5) is 4.79 Å². The van der Waals surface area contributed by atoms with E-state index in [0.717, 1.165) is 18.8 Å². The highest BCUT2D eigenvalue weighted by Gasteiger charge is 2.34. The number of carbonyl (C=O) groups is 1.